The van der Waals surface area contributed by atoms with Gasteiger partial charge in [0.15, 0.2) is 0 Å². The minimum absolute atomic E-state index is 0.232. The highest BCUT2D eigenvalue weighted by molar-refractivity contribution is 7.20. The Bertz CT molecular complexity index is 887. The Labute approximate surface area is 169 Å². The first-order valence-electron chi connectivity index (χ1n) is 9.51. The van der Waals surface area contributed by atoms with E-state index in [0.717, 1.165) is 6.42 Å². The van der Waals surface area contributed by atoms with Crippen molar-refractivity contribution >= 4 is 27.5 Å². The number of allylic oxidation sites excluding steroid dienone is 1. The lowest BCUT2D eigenvalue weighted by atomic mass is 10.2. The summed E-state index contributed by atoms with van der Waals surface area (Å²) in [5.74, 6) is 0.0808. The maximum absolute atomic E-state index is 12.6. The van der Waals surface area contributed by atoms with Crippen molar-refractivity contribution in [1.82, 2.24) is 14.9 Å². The summed E-state index contributed by atoms with van der Waals surface area (Å²) >= 11 is 1.18. The highest BCUT2D eigenvalue weighted by Gasteiger charge is 2.21. The van der Waals surface area contributed by atoms with Crippen molar-refractivity contribution in [2.24, 2.45) is 0 Å². The molecule has 8 heteroatoms. The lowest BCUT2D eigenvalue weighted by molar-refractivity contribution is 0.0383. The van der Waals surface area contributed by atoms with Crippen LogP contribution in [0.1, 0.15) is 54.7 Å². The number of H-pyrrole nitrogens is 1. The topological polar surface area (TPSA) is 95.5 Å². The molecule has 7 nitrogen and oxygen atoms in total. The molecule has 0 fully saturated rings. The number of likely N-dealkylation sites (N-methyl/N-ethyl adjacent to an activating group) is 1. The van der Waals surface area contributed by atoms with E-state index in [4.69, 9.17) is 4.74 Å². The van der Waals surface area contributed by atoms with Crippen LogP contribution in [0.15, 0.2) is 17.4 Å². The number of aryl methyl sites for hydroxylation is 1. The fraction of sp³-hybridized carbons (Fsp3) is 0.550. The molecular formula is C20H29N3O4S. The van der Waals surface area contributed by atoms with Gasteiger partial charge in [-0.2, -0.15) is 0 Å². The van der Waals surface area contributed by atoms with Crippen LogP contribution < -0.4 is 5.56 Å². The van der Waals surface area contributed by atoms with Crippen LogP contribution in [0.2, 0.25) is 0 Å². The van der Waals surface area contributed by atoms with Crippen LogP contribution in [-0.4, -0.2) is 51.2 Å². The highest BCUT2D eigenvalue weighted by Crippen LogP contribution is 2.28. The number of ether oxygens (including phenoxy) is 1. The summed E-state index contributed by atoms with van der Waals surface area (Å²) in [7, 11) is 0. The van der Waals surface area contributed by atoms with Gasteiger partial charge in [-0.3, -0.25) is 9.69 Å². The normalized spacial score (nSPS) is 12.7. The number of esters is 1. The second-order valence-corrected chi connectivity index (χ2v) is 8.05. The number of thiophene rings is 1. The van der Waals surface area contributed by atoms with E-state index in [-0.39, 0.29) is 11.7 Å². The minimum Gasteiger partial charge on any atom is -0.459 e. The third-order valence-corrected chi connectivity index (χ3v) is 5.54. The number of nitrogens with zero attached hydrogens (tertiary/aromatic N) is 2. The highest BCUT2D eigenvalue weighted by atomic mass is 32.1. The molecule has 0 unspecified atom stereocenters. The molecule has 0 bridgehead atoms. The minimum atomic E-state index is -0.463. The fourth-order valence-corrected chi connectivity index (χ4v) is 4.03. The van der Waals surface area contributed by atoms with Crippen molar-refractivity contribution < 1.29 is 14.6 Å². The zero-order chi connectivity index (χ0) is 20.8. The molecule has 2 N–H and O–H groups in total. The van der Waals surface area contributed by atoms with Gasteiger partial charge >= 0.3 is 5.97 Å². The number of aromatic amines is 1. The number of fused-ring (bicyclic) bond motifs is 1. The zero-order valence-electron chi connectivity index (χ0n) is 16.9. The van der Waals surface area contributed by atoms with Crippen molar-refractivity contribution in [3.05, 3.63) is 39.3 Å². The van der Waals surface area contributed by atoms with Gasteiger partial charge in [-0.15, -0.1) is 17.9 Å². The number of aliphatic hydroxyl groups excluding tert-OH is 1. The van der Waals surface area contributed by atoms with Gasteiger partial charge < -0.3 is 14.8 Å². The standard InChI is InChI=1S/C20H29N3O4S/c1-6-8-9-14(24)10-23(7-2)11-15-21-18(25)16-13(5)17(28-19(16)22-15)20(26)27-12(3)4/h6,12,14,24H,1,7-11H2,2-5H3,(H,21,22,25)/t14-/m1/s1. The lowest BCUT2D eigenvalue weighted by Crippen LogP contribution is -2.33. The van der Waals surface area contributed by atoms with Crippen LogP contribution in [0.3, 0.4) is 0 Å². The molecular weight excluding hydrogens is 378 g/mol. The summed E-state index contributed by atoms with van der Waals surface area (Å²) < 4.78 is 5.26. The van der Waals surface area contributed by atoms with Gasteiger partial charge in [0.25, 0.3) is 5.56 Å². The maximum atomic E-state index is 12.6. The zero-order valence-corrected chi connectivity index (χ0v) is 17.8. The number of hydrogen-bond donors (Lipinski definition) is 2. The Morgan fingerprint density at radius 2 is 2.18 bits per heavy atom. The van der Waals surface area contributed by atoms with Crippen molar-refractivity contribution in [2.75, 3.05) is 13.1 Å². The first-order chi connectivity index (χ1) is 13.3. The second kappa shape index (κ2) is 9.95. The van der Waals surface area contributed by atoms with Crippen LogP contribution >= 0.6 is 11.3 Å². The van der Waals surface area contributed by atoms with Crippen LogP contribution in [0.5, 0.6) is 0 Å². The summed E-state index contributed by atoms with van der Waals surface area (Å²) in [6.07, 6.45) is 2.49. The van der Waals surface area contributed by atoms with Gasteiger partial charge in [-0.25, -0.2) is 9.78 Å². The number of carbonyl (C=O) groups is 1. The van der Waals surface area contributed by atoms with Gasteiger partial charge in [0, 0.05) is 6.54 Å². The fourth-order valence-electron chi connectivity index (χ4n) is 2.94. The number of aliphatic hydroxyl groups is 1. The third kappa shape index (κ3) is 5.50. The van der Waals surface area contributed by atoms with E-state index in [0.29, 0.717) is 52.5 Å². The summed E-state index contributed by atoms with van der Waals surface area (Å²) in [6.45, 7) is 12.6. The Morgan fingerprint density at radius 1 is 1.46 bits per heavy atom. The smallest absolute Gasteiger partial charge is 0.348 e. The van der Waals surface area contributed by atoms with Gasteiger partial charge in [-0.1, -0.05) is 13.0 Å². The van der Waals surface area contributed by atoms with E-state index < -0.39 is 12.1 Å². The average molecular weight is 408 g/mol. The molecule has 28 heavy (non-hydrogen) atoms. The molecule has 2 aromatic heterocycles. The summed E-state index contributed by atoms with van der Waals surface area (Å²) in [4.78, 5) is 35.2. The molecule has 0 amide bonds. The maximum Gasteiger partial charge on any atom is 0.348 e. The van der Waals surface area contributed by atoms with Crippen molar-refractivity contribution in [3.8, 4) is 0 Å². The van der Waals surface area contributed by atoms with Gasteiger partial charge in [0.1, 0.15) is 15.5 Å². The van der Waals surface area contributed by atoms with E-state index in [1.807, 2.05) is 11.8 Å². The molecule has 2 heterocycles. The molecule has 2 aromatic rings. The summed E-state index contributed by atoms with van der Waals surface area (Å²) in [6, 6.07) is 0. The molecule has 0 aliphatic heterocycles. The van der Waals surface area contributed by atoms with Crippen LogP contribution in [0, 0.1) is 6.92 Å². The van der Waals surface area contributed by atoms with E-state index in [1.165, 1.54) is 11.3 Å². The molecule has 0 saturated heterocycles. The molecule has 0 saturated carbocycles. The average Bonchev–Trinajstić information content (AvgIpc) is 2.96. The molecule has 0 spiro atoms. The largest absolute Gasteiger partial charge is 0.459 e. The molecule has 154 valence electrons. The molecule has 0 radical (unpaired) electrons. The molecule has 0 aromatic carbocycles. The summed E-state index contributed by atoms with van der Waals surface area (Å²) in [5, 5.41) is 10.6. The molecule has 1 atom stereocenters. The number of hydrogen-bond acceptors (Lipinski definition) is 7. The number of carbonyl (C=O) groups excluding carboxylic acids is 1. The Morgan fingerprint density at radius 3 is 2.79 bits per heavy atom. The van der Waals surface area contributed by atoms with E-state index in [9.17, 15) is 14.7 Å². The van der Waals surface area contributed by atoms with Crippen LogP contribution in [-0.2, 0) is 11.3 Å². The quantitative estimate of drug-likeness (QED) is 0.464. The molecule has 0 aliphatic carbocycles. The monoisotopic (exact) mass is 407 g/mol. The van der Waals surface area contributed by atoms with Crippen molar-refractivity contribution in [1.29, 1.82) is 0 Å². The number of aromatic nitrogens is 2. The number of nitrogens with one attached hydrogen (secondary N) is 1. The van der Waals surface area contributed by atoms with Crippen molar-refractivity contribution in [3.63, 3.8) is 0 Å². The Kier molecular flexibility index (Phi) is 7.91. The first kappa shape index (κ1) is 22.3. The van der Waals surface area contributed by atoms with E-state index in [2.05, 4.69) is 16.5 Å². The van der Waals surface area contributed by atoms with Crippen LogP contribution in [0.25, 0.3) is 10.2 Å². The molecule has 2 rings (SSSR count). The number of rotatable bonds is 10. The first-order valence-corrected chi connectivity index (χ1v) is 10.3. The van der Waals surface area contributed by atoms with Gasteiger partial charge in [0.05, 0.1) is 24.1 Å². The van der Waals surface area contributed by atoms with E-state index >= 15 is 0 Å². The van der Waals surface area contributed by atoms with Crippen LogP contribution in [0.4, 0.5) is 0 Å². The Balaban J connectivity index is 2.25. The SMILES string of the molecule is C=CCC[C@@H](O)CN(CC)Cc1nc2sc(C(=O)OC(C)C)c(C)c2c(=O)[nH]1. The van der Waals surface area contributed by atoms with Crippen molar-refractivity contribution in [2.45, 2.75) is 59.3 Å². The predicted molar refractivity (Wildman–Crippen MR) is 112 cm³/mol. The lowest BCUT2D eigenvalue weighted by Gasteiger charge is -2.22. The summed E-state index contributed by atoms with van der Waals surface area (Å²) in [5.41, 5.74) is 0.332. The Hall–Kier alpha value is -2.03. The second-order valence-electron chi connectivity index (χ2n) is 7.05. The predicted octanol–water partition coefficient (Wildman–Crippen LogP) is 3.01. The third-order valence-electron chi connectivity index (χ3n) is 4.37. The van der Waals surface area contributed by atoms with E-state index in [1.54, 1.807) is 26.8 Å². The van der Waals surface area contributed by atoms with Gasteiger partial charge in [0.2, 0.25) is 0 Å². The molecule has 0 aliphatic rings. The van der Waals surface area contributed by atoms with Gasteiger partial charge in [-0.05, 0) is 45.7 Å².